The number of nitrogens with two attached hydrogens (primary N) is 1. The first-order chi connectivity index (χ1) is 7.12. The molecule has 0 aromatic heterocycles. The van der Waals surface area contributed by atoms with Crippen molar-refractivity contribution in [1.29, 1.82) is 0 Å². The largest absolute Gasteiger partial charge is 0.321 e. The van der Waals surface area contributed by atoms with E-state index in [0.717, 1.165) is 12.8 Å². The van der Waals surface area contributed by atoms with Crippen LogP contribution in [0.4, 0.5) is 0 Å². The van der Waals surface area contributed by atoms with Gasteiger partial charge in [-0.1, -0.05) is 52.0 Å². The molecule has 0 aliphatic heterocycles. The van der Waals surface area contributed by atoms with Crippen molar-refractivity contribution in [2.45, 2.75) is 52.0 Å². The van der Waals surface area contributed by atoms with Gasteiger partial charge in [-0.3, -0.25) is 0 Å². The van der Waals surface area contributed by atoms with E-state index in [1.165, 1.54) is 11.1 Å². The Labute approximate surface area is 95.2 Å². The van der Waals surface area contributed by atoms with Gasteiger partial charge in [0.25, 0.3) is 0 Å². The molecule has 15 heavy (non-hydrogen) atoms. The van der Waals surface area contributed by atoms with Gasteiger partial charge in [-0.25, -0.2) is 0 Å². The molecule has 1 nitrogen and oxygen atoms in total. The van der Waals surface area contributed by atoms with E-state index >= 15 is 0 Å². The SMILES string of the molecule is CC.CC(C)c1ccc(C2(N)CC2)cc1.[HH]. The van der Waals surface area contributed by atoms with Crippen molar-refractivity contribution in [2.24, 2.45) is 5.73 Å². The van der Waals surface area contributed by atoms with Crippen LogP contribution in [0.1, 0.15) is 59.0 Å². The highest BCUT2D eigenvalue weighted by atomic mass is 14.8. The van der Waals surface area contributed by atoms with Crippen LogP contribution in [0.5, 0.6) is 0 Å². The fraction of sp³-hybridized carbons (Fsp3) is 0.571. The Kier molecular flexibility index (Phi) is 3.92. The van der Waals surface area contributed by atoms with E-state index in [9.17, 15) is 0 Å². The lowest BCUT2D eigenvalue weighted by Crippen LogP contribution is -2.18. The Hall–Kier alpha value is -0.820. The van der Waals surface area contributed by atoms with Gasteiger partial charge in [0, 0.05) is 6.97 Å². The summed E-state index contributed by atoms with van der Waals surface area (Å²) in [6, 6.07) is 8.77. The summed E-state index contributed by atoms with van der Waals surface area (Å²) in [6.07, 6.45) is 2.29. The highest BCUT2D eigenvalue weighted by Gasteiger charge is 2.39. The van der Waals surface area contributed by atoms with E-state index in [-0.39, 0.29) is 6.97 Å². The van der Waals surface area contributed by atoms with Crippen LogP contribution in [0, 0.1) is 0 Å². The maximum Gasteiger partial charge on any atom is 0.0411 e. The van der Waals surface area contributed by atoms with Crippen molar-refractivity contribution in [2.75, 3.05) is 0 Å². The van der Waals surface area contributed by atoms with Crippen LogP contribution < -0.4 is 5.73 Å². The molecule has 0 bridgehead atoms. The zero-order chi connectivity index (χ0) is 11.5. The Morgan fingerprint density at radius 2 is 1.60 bits per heavy atom. The smallest absolute Gasteiger partial charge is 0.0411 e. The first-order valence-electron chi connectivity index (χ1n) is 6.01. The second kappa shape index (κ2) is 4.80. The molecule has 1 saturated carbocycles. The summed E-state index contributed by atoms with van der Waals surface area (Å²) in [4.78, 5) is 0. The summed E-state index contributed by atoms with van der Waals surface area (Å²) in [6.45, 7) is 8.43. The van der Waals surface area contributed by atoms with Crippen molar-refractivity contribution in [1.82, 2.24) is 0 Å². The van der Waals surface area contributed by atoms with E-state index < -0.39 is 0 Å². The Balaban J connectivity index is 0.000000711. The first kappa shape index (κ1) is 12.3. The molecule has 1 aromatic rings. The van der Waals surface area contributed by atoms with E-state index in [4.69, 9.17) is 5.73 Å². The monoisotopic (exact) mass is 207 g/mol. The molecule has 1 heteroatoms. The molecule has 0 amide bonds. The van der Waals surface area contributed by atoms with E-state index in [1.807, 2.05) is 13.8 Å². The first-order valence-corrected chi connectivity index (χ1v) is 6.01. The average Bonchev–Trinajstić information content (AvgIpc) is 3.01. The number of hydrogen-bond acceptors (Lipinski definition) is 1. The zero-order valence-electron chi connectivity index (χ0n) is 10.4. The molecule has 86 valence electrons. The van der Waals surface area contributed by atoms with Gasteiger partial charge in [0.15, 0.2) is 0 Å². The number of rotatable bonds is 2. The normalized spacial score (nSPS) is 16.9. The van der Waals surface area contributed by atoms with E-state index in [0.29, 0.717) is 5.92 Å². The van der Waals surface area contributed by atoms with Gasteiger partial charge in [-0.05, 0) is 29.9 Å². The summed E-state index contributed by atoms with van der Waals surface area (Å²) >= 11 is 0. The van der Waals surface area contributed by atoms with Crippen molar-refractivity contribution in [3.05, 3.63) is 35.4 Å². The highest BCUT2D eigenvalue weighted by Crippen LogP contribution is 2.42. The van der Waals surface area contributed by atoms with Crippen LogP contribution in [0.2, 0.25) is 0 Å². The van der Waals surface area contributed by atoms with Crippen molar-refractivity contribution >= 4 is 0 Å². The second-order valence-corrected chi connectivity index (χ2v) is 4.43. The molecule has 0 heterocycles. The lowest BCUT2D eigenvalue weighted by atomic mass is 9.98. The van der Waals surface area contributed by atoms with Gasteiger partial charge < -0.3 is 5.73 Å². The van der Waals surface area contributed by atoms with E-state index in [1.54, 1.807) is 0 Å². The van der Waals surface area contributed by atoms with Crippen molar-refractivity contribution in [3.8, 4) is 0 Å². The lowest BCUT2D eigenvalue weighted by molar-refractivity contribution is 0.738. The van der Waals surface area contributed by atoms with Crippen LogP contribution in [0.15, 0.2) is 24.3 Å². The van der Waals surface area contributed by atoms with Gasteiger partial charge in [0.1, 0.15) is 0 Å². The quantitative estimate of drug-likeness (QED) is 0.778. The van der Waals surface area contributed by atoms with Crippen LogP contribution in [-0.4, -0.2) is 0 Å². The fourth-order valence-corrected chi connectivity index (χ4v) is 1.62. The Morgan fingerprint density at radius 3 is 1.93 bits per heavy atom. The molecule has 2 rings (SSSR count). The van der Waals surface area contributed by atoms with Crippen molar-refractivity contribution in [3.63, 3.8) is 0 Å². The molecule has 1 fully saturated rings. The predicted molar refractivity (Wildman–Crippen MR) is 69.1 cm³/mol. The summed E-state index contributed by atoms with van der Waals surface area (Å²) in [5, 5.41) is 0. The molecule has 0 spiro atoms. The Bertz CT molecular complexity index is 299. The zero-order valence-corrected chi connectivity index (χ0v) is 10.4. The molecule has 2 N–H and O–H groups in total. The molecular weight excluding hydrogens is 182 g/mol. The third-order valence-electron chi connectivity index (χ3n) is 2.94. The third-order valence-corrected chi connectivity index (χ3v) is 2.94. The highest BCUT2D eigenvalue weighted by molar-refractivity contribution is 5.33. The fourth-order valence-electron chi connectivity index (χ4n) is 1.62. The minimum absolute atomic E-state index is 0. The minimum Gasteiger partial charge on any atom is -0.321 e. The Morgan fingerprint density at radius 1 is 1.13 bits per heavy atom. The molecule has 1 aromatic carbocycles. The van der Waals surface area contributed by atoms with E-state index in [2.05, 4.69) is 38.1 Å². The average molecular weight is 207 g/mol. The maximum atomic E-state index is 6.09. The van der Waals surface area contributed by atoms with Gasteiger partial charge in [-0.15, -0.1) is 0 Å². The third kappa shape index (κ3) is 2.82. The van der Waals surface area contributed by atoms with Gasteiger partial charge in [0.05, 0.1) is 0 Å². The lowest BCUT2D eigenvalue weighted by Gasteiger charge is -2.11. The van der Waals surface area contributed by atoms with Gasteiger partial charge in [0.2, 0.25) is 0 Å². The molecule has 0 unspecified atom stereocenters. The molecule has 1 aliphatic carbocycles. The molecule has 0 atom stereocenters. The summed E-state index contributed by atoms with van der Waals surface area (Å²) < 4.78 is 0. The second-order valence-electron chi connectivity index (χ2n) is 4.43. The molecule has 1 aliphatic rings. The summed E-state index contributed by atoms with van der Waals surface area (Å²) in [7, 11) is 0. The van der Waals surface area contributed by atoms with Crippen LogP contribution in [-0.2, 0) is 5.54 Å². The predicted octanol–water partition coefficient (Wildman–Crippen LogP) is 4.03. The maximum absolute atomic E-state index is 6.09. The number of hydrogen-bond donors (Lipinski definition) is 1. The van der Waals surface area contributed by atoms with Gasteiger partial charge in [-0.2, -0.15) is 0 Å². The minimum atomic E-state index is 0. The topological polar surface area (TPSA) is 26.0 Å². The van der Waals surface area contributed by atoms with Crippen LogP contribution in [0.3, 0.4) is 0 Å². The summed E-state index contributed by atoms with van der Waals surface area (Å²) in [5.74, 6) is 0.613. The van der Waals surface area contributed by atoms with Gasteiger partial charge >= 0.3 is 0 Å². The van der Waals surface area contributed by atoms with Crippen LogP contribution in [0.25, 0.3) is 0 Å². The summed E-state index contributed by atoms with van der Waals surface area (Å²) in [5.41, 5.74) is 8.82. The molecule has 0 saturated heterocycles. The number of benzene rings is 1. The van der Waals surface area contributed by atoms with Crippen LogP contribution >= 0.6 is 0 Å². The molecular formula is C14H25N. The molecule has 0 radical (unpaired) electrons. The van der Waals surface area contributed by atoms with Crippen molar-refractivity contribution < 1.29 is 1.43 Å². The standard InChI is InChI=1S/C12H17N.C2H6.H2/c1-9(2)10-3-5-11(6-4-10)12(13)7-8-12;1-2;/h3-6,9H,7-8,13H2,1-2H3;1-2H3;1H.